The zero-order valence-electron chi connectivity index (χ0n) is 12.1. The van der Waals surface area contributed by atoms with Gasteiger partial charge in [-0.1, -0.05) is 19.9 Å². The van der Waals surface area contributed by atoms with E-state index in [1.54, 1.807) is 13.8 Å². The van der Waals surface area contributed by atoms with Gasteiger partial charge >= 0.3 is 5.97 Å². The minimum atomic E-state index is -1.02. The Morgan fingerprint density at radius 3 is 2.33 bits per heavy atom. The predicted octanol–water partition coefficient (Wildman–Crippen LogP) is 2.51. The third kappa shape index (κ3) is 4.24. The molecule has 116 valence electrons. The Kier molecular flexibility index (Phi) is 5.81. The number of carbonyl (C=O) groups excluding carboxylic acids is 1. The summed E-state index contributed by atoms with van der Waals surface area (Å²) in [6, 6.07) is 2.99. The van der Waals surface area contributed by atoms with E-state index >= 15 is 0 Å². The number of amides is 1. The zero-order valence-corrected chi connectivity index (χ0v) is 12.1. The van der Waals surface area contributed by atoms with Crippen LogP contribution < -0.4 is 5.32 Å². The topological polar surface area (TPSA) is 66.4 Å². The Bertz CT molecular complexity index is 528. The molecule has 1 rings (SSSR count). The van der Waals surface area contributed by atoms with Crippen molar-refractivity contribution >= 4 is 11.9 Å². The maximum absolute atomic E-state index is 13.4. The molecule has 1 amide bonds. The Morgan fingerprint density at radius 1 is 1.24 bits per heavy atom. The van der Waals surface area contributed by atoms with Crippen LogP contribution in [-0.4, -0.2) is 23.5 Å². The van der Waals surface area contributed by atoms with Gasteiger partial charge in [0.2, 0.25) is 5.91 Å². The van der Waals surface area contributed by atoms with Gasteiger partial charge in [-0.2, -0.15) is 0 Å². The van der Waals surface area contributed by atoms with E-state index in [0.29, 0.717) is 18.9 Å². The lowest BCUT2D eigenvalue weighted by Crippen LogP contribution is -2.42. The quantitative estimate of drug-likeness (QED) is 0.813. The number of hydrogen-bond donors (Lipinski definition) is 2. The summed E-state index contributed by atoms with van der Waals surface area (Å²) >= 11 is 0. The highest BCUT2D eigenvalue weighted by Gasteiger charge is 2.35. The second-order valence-corrected chi connectivity index (χ2v) is 4.98. The van der Waals surface area contributed by atoms with Gasteiger partial charge in [-0.05, 0) is 24.5 Å². The standard InChI is InChI=1S/C15H19F2NO3/c1-3-15(4-2,14(20)21)9-18-13(19)7-10-5-6-11(16)8-12(10)17/h5-6,8H,3-4,7,9H2,1-2H3,(H,18,19)(H,20,21). The number of carboxylic acids is 1. The molecule has 0 unspecified atom stereocenters. The van der Waals surface area contributed by atoms with E-state index in [2.05, 4.69) is 5.32 Å². The molecule has 1 aromatic rings. The molecule has 0 aromatic heterocycles. The number of nitrogens with one attached hydrogen (secondary N) is 1. The Labute approximate surface area is 122 Å². The van der Waals surface area contributed by atoms with Gasteiger partial charge in [0.25, 0.3) is 0 Å². The maximum atomic E-state index is 13.4. The number of carbonyl (C=O) groups is 2. The second-order valence-electron chi connectivity index (χ2n) is 4.98. The first-order valence-corrected chi connectivity index (χ1v) is 6.78. The van der Waals surface area contributed by atoms with E-state index in [0.717, 1.165) is 6.07 Å². The Morgan fingerprint density at radius 2 is 1.86 bits per heavy atom. The van der Waals surface area contributed by atoms with Crippen molar-refractivity contribution in [2.75, 3.05) is 6.54 Å². The highest BCUT2D eigenvalue weighted by atomic mass is 19.1. The predicted molar refractivity (Wildman–Crippen MR) is 73.7 cm³/mol. The number of aliphatic carboxylic acids is 1. The van der Waals surface area contributed by atoms with Crippen molar-refractivity contribution in [3.63, 3.8) is 0 Å². The smallest absolute Gasteiger partial charge is 0.311 e. The monoisotopic (exact) mass is 299 g/mol. The lowest BCUT2D eigenvalue weighted by atomic mass is 9.82. The lowest BCUT2D eigenvalue weighted by Gasteiger charge is -2.26. The molecule has 0 heterocycles. The van der Waals surface area contributed by atoms with Crippen LogP contribution in [0.3, 0.4) is 0 Å². The van der Waals surface area contributed by atoms with Crippen LogP contribution in [0, 0.1) is 17.0 Å². The van der Waals surface area contributed by atoms with Crippen LogP contribution in [0.2, 0.25) is 0 Å². The third-order valence-corrected chi connectivity index (χ3v) is 3.80. The minimum absolute atomic E-state index is 0.0169. The molecular weight excluding hydrogens is 280 g/mol. The first-order chi connectivity index (χ1) is 9.84. The van der Waals surface area contributed by atoms with Crippen LogP contribution in [0.15, 0.2) is 18.2 Å². The summed E-state index contributed by atoms with van der Waals surface area (Å²) < 4.78 is 26.2. The molecule has 0 bridgehead atoms. The van der Waals surface area contributed by atoms with E-state index < -0.39 is 28.9 Å². The van der Waals surface area contributed by atoms with E-state index in [9.17, 15) is 23.5 Å². The van der Waals surface area contributed by atoms with Gasteiger partial charge in [0.1, 0.15) is 11.6 Å². The lowest BCUT2D eigenvalue weighted by molar-refractivity contribution is -0.149. The van der Waals surface area contributed by atoms with Crippen molar-refractivity contribution in [3.8, 4) is 0 Å². The molecule has 1 aromatic carbocycles. The van der Waals surface area contributed by atoms with Crippen molar-refractivity contribution < 1.29 is 23.5 Å². The fourth-order valence-corrected chi connectivity index (χ4v) is 2.05. The fraction of sp³-hybridized carbons (Fsp3) is 0.467. The summed E-state index contributed by atoms with van der Waals surface area (Å²) in [4.78, 5) is 23.1. The van der Waals surface area contributed by atoms with Crippen LogP contribution in [-0.2, 0) is 16.0 Å². The fourth-order valence-electron chi connectivity index (χ4n) is 2.05. The van der Waals surface area contributed by atoms with Gasteiger partial charge in [-0.3, -0.25) is 9.59 Å². The van der Waals surface area contributed by atoms with Gasteiger partial charge < -0.3 is 10.4 Å². The average Bonchev–Trinajstić information content (AvgIpc) is 2.43. The number of carboxylic acid groups (broad SMARTS) is 1. The van der Waals surface area contributed by atoms with Crippen molar-refractivity contribution in [1.82, 2.24) is 5.32 Å². The molecule has 21 heavy (non-hydrogen) atoms. The molecule has 0 radical (unpaired) electrons. The highest BCUT2D eigenvalue weighted by molar-refractivity contribution is 5.80. The molecule has 0 aliphatic carbocycles. The second kappa shape index (κ2) is 7.15. The molecule has 0 spiro atoms. The van der Waals surface area contributed by atoms with Crippen LogP contribution in [0.1, 0.15) is 32.3 Å². The molecule has 2 N–H and O–H groups in total. The van der Waals surface area contributed by atoms with Crippen LogP contribution in [0.5, 0.6) is 0 Å². The van der Waals surface area contributed by atoms with Crippen molar-refractivity contribution in [3.05, 3.63) is 35.4 Å². The van der Waals surface area contributed by atoms with Crippen molar-refractivity contribution in [2.45, 2.75) is 33.1 Å². The Hall–Kier alpha value is -1.98. The first kappa shape index (κ1) is 17.1. The minimum Gasteiger partial charge on any atom is -0.481 e. The summed E-state index contributed by atoms with van der Waals surface area (Å²) in [6.07, 6.45) is 0.503. The number of halogens is 2. The summed E-state index contributed by atoms with van der Waals surface area (Å²) in [7, 11) is 0. The van der Waals surface area contributed by atoms with Gasteiger partial charge in [0.05, 0.1) is 11.8 Å². The summed E-state index contributed by atoms with van der Waals surface area (Å²) in [5.74, 6) is -2.96. The first-order valence-electron chi connectivity index (χ1n) is 6.78. The molecule has 0 aliphatic rings. The molecule has 0 atom stereocenters. The van der Waals surface area contributed by atoms with E-state index in [-0.39, 0.29) is 18.5 Å². The van der Waals surface area contributed by atoms with Crippen molar-refractivity contribution in [2.24, 2.45) is 5.41 Å². The molecule has 0 fully saturated rings. The van der Waals surface area contributed by atoms with Crippen molar-refractivity contribution in [1.29, 1.82) is 0 Å². The summed E-state index contributed by atoms with van der Waals surface area (Å²) in [6.45, 7) is 3.46. The zero-order chi connectivity index (χ0) is 16.0. The largest absolute Gasteiger partial charge is 0.481 e. The summed E-state index contributed by atoms with van der Waals surface area (Å²) in [5, 5.41) is 11.8. The molecule has 0 aliphatic heterocycles. The van der Waals surface area contributed by atoms with E-state index in [4.69, 9.17) is 0 Å². The molecule has 6 heteroatoms. The molecule has 0 saturated carbocycles. The SMILES string of the molecule is CCC(CC)(CNC(=O)Cc1ccc(F)cc1F)C(=O)O. The molecule has 4 nitrogen and oxygen atoms in total. The Balaban J connectivity index is 2.67. The molecular formula is C15H19F2NO3. The van der Waals surface area contributed by atoms with Crippen LogP contribution in [0.25, 0.3) is 0 Å². The van der Waals surface area contributed by atoms with Gasteiger partial charge in [0, 0.05) is 12.6 Å². The van der Waals surface area contributed by atoms with Crippen LogP contribution >= 0.6 is 0 Å². The van der Waals surface area contributed by atoms with E-state index in [1.807, 2.05) is 0 Å². The summed E-state index contributed by atoms with van der Waals surface area (Å²) in [5.41, 5.74) is -0.945. The highest BCUT2D eigenvalue weighted by Crippen LogP contribution is 2.25. The number of rotatable bonds is 7. The number of benzene rings is 1. The van der Waals surface area contributed by atoms with Gasteiger partial charge in [0.15, 0.2) is 0 Å². The van der Waals surface area contributed by atoms with Crippen LogP contribution in [0.4, 0.5) is 8.78 Å². The average molecular weight is 299 g/mol. The molecule has 0 saturated heterocycles. The maximum Gasteiger partial charge on any atom is 0.311 e. The van der Waals surface area contributed by atoms with E-state index in [1.165, 1.54) is 6.07 Å². The third-order valence-electron chi connectivity index (χ3n) is 3.80. The number of hydrogen-bond acceptors (Lipinski definition) is 2. The normalized spacial score (nSPS) is 11.2. The van der Waals surface area contributed by atoms with Gasteiger partial charge in [-0.25, -0.2) is 8.78 Å². The van der Waals surface area contributed by atoms with Gasteiger partial charge in [-0.15, -0.1) is 0 Å².